The van der Waals surface area contributed by atoms with Gasteiger partial charge in [-0.05, 0) is 37.3 Å². The van der Waals surface area contributed by atoms with Gasteiger partial charge in [-0.3, -0.25) is 0 Å². The Morgan fingerprint density at radius 3 is 1.50 bits per heavy atom. The van der Waals surface area contributed by atoms with E-state index in [1.807, 2.05) is 0 Å². The van der Waals surface area contributed by atoms with Gasteiger partial charge in [-0.25, -0.2) is 9.67 Å². The van der Waals surface area contributed by atoms with Crippen LogP contribution in [0, 0.1) is 6.92 Å². The Hall–Kier alpha value is -0.760. The van der Waals surface area contributed by atoms with E-state index < -0.39 is 27.0 Å². The zero-order valence-corrected chi connectivity index (χ0v) is 27.9. The molecule has 230 valence electrons. The highest BCUT2D eigenvalue weighted by atomic mass is 79.9. The van der Waals surface area contributed by atoms with E-state index in [9.17, 15) is 26.3 Å². The summed E-state index contributed by atoms with van der Waals surface area (Å²) in [5.74, 6) is 0.164. The topological polar surface area (TPSA) is 35.6 Å². The number of halogens is 15. The quantitative estimate of drug-likeness (QED) is 0.152. The molecule has 0 radical (unpaired) electrons. The molecule has 19 heteroatoms. The standard InChI is InChI=1S/C11H6BrCl2F3N2.C11H7Cl2F3N2.CCl4/c12-5-6-4-9(11(15,16)17)18-19(6)10-7(13)2-1-3-8(10)14;1-6-17-9(11(14,15)16)5-18(6)10-7(12)3-2-4-8(10)13;2-1(3,4)5/h1-4H,5H2;2-5H,1H3;. The Kier molecular flexibility index (Phi) is 13.4. The van der Waals surface area contributed by atoms with Gasteiger partial charge in [0, 0.05) is 11.5 Å². The Labute approximate surface area is 283 Å². The van der Waals surface area contributed by atoms with E-state index in [0.29, 0.717) is 11.4 Å². The van der Waals surface area contributed by atoms with Crippen LogP contribution in [0.1, 0.15) is 22.9 Å². The van der Waals surface area contributed by atoms with Crippen LogP contribution in [0.25, 0.3) is 11.4 Å². The number of alkyl halides is 11. The minimum atomic E-state index is -4.52. The van der Waals surface area contributed by atoms with Crippen LogP contribution in [-0.4, -0.2) is 22.6 Å². The SMILES string of the molecule is Cc1nc(C(F)(F)F)cn1-c1c(Cl)cccc1Cl.ClC(Cl)(Cl)Cl.FC(F)(F)c1cc(CBr)n(-c2c(Cl)cccc2Cl)n1. The minimum absolute atomic E-state index is 0.164. The Bertz CT molecular complexity index is 1470. The number of imidazole rings is 1. The third kappa shape index (κ3) is 10.7. The molecule has 2 heterocycles. The number of aromatic nitrogens is 4. The van der Waals surface area contributed by atoms with Crippen molar-refractivity contribution in [1.29, 1.82) is 0 Å². The lowest BCUT2D eigenvalue weighted by Crippen LogP contribution is -2.08. The summed E-state index contributed by atoms with van der Waals surface area (Å²) in [4.78, 5) is 3.46. The summed E-state index contributed by atoms with van der Waals surface area (Å²) in [6.45, 7) is 1.45. The van der Waals surface area contributed by atoms with E-state index in [1.165, 1.54) is 23.6 Å². The van der Waals surface area contributed by atoms with E-state index in [0.717, 1.165) is 16.9 Å². The number of hydrogen-bond acceptors (Lipinski definition) is 2. The van der Waals surface area contributed by atoms with Gasteiger partial charge >= 0.3 is 12.4 Å². The van der Waals surface area contributed by atoms with Gasteiger partial charge in [-0.2, -0.15) is 31.4 Å². The molecule has 4 rings (SSSR count). The maximum Gasteiger partial charge on any atom is 0.435 e. The van der Waals surface area contributed by atoms with Crippen LogP contribution in [0.15, 0.2) is 48.7 Å². The monoisotopic (exact) mass is 818 g/mol. The van der Waals surface area contributed by atoms with E-state index >= 15 is 0 Å². The number of aryl methyl sites for hydroxylation is 1. The highest BCUT2D eigenvalue weighted by molar-refractivity contribution is 9.08. The van der Waals surface area contributed by atoms with E-state index in [4.69, 9.17) is 92.8 Å². The third-order valence-electron chi connectivity index (χ3n) is 4.71. The second-order valence-electron chi connectivity index (χ2n) is 7.67. The molecule has 2 aromatic heterocycles. The van der Waals surface area contributed by atoms with Crippen LogP contribution in [-0.2, 0) is 17.7 Å². The first-order valence-corrected chi connectivity index (χ1v) is 14.8. The largest absolute Gasteiger partial charge is 0.435 e. The lowest BCUT2D eigenvalue weighted by Gasteiger charge is -2.09. The molecule has 4 nitrogen and oxygen atoms in total. The third-order valence-corrected chi connectivity index (χ3v) is 6.51. The van der Waals surface area contributed by atoms with Crippen molar-refractivity contribution in [2.75, 3.05) is 0 Å². The summed E-state index contributed by atoms with van der Waals surface area (Å²) >= 11 is 46.3. The highest BCUT2D eigenvalue weighted by Gasteiger charge is 2.36. The van der Waals surface area contributed by atoms with Crippen LogP contribution in [0.5, 0.6) is 0 Å². The van der Waals surface area contributed by atoms with E-state index in [2.05, 4.69) is 26.0 Å². The van der Waals surface area contributed by atoms with Crippen molar-refractivity contribution in [2.45, 2.75) is 27.9 Å². The Morgan fingerprint density at radius 1 is 0.738 bits per heavy atom. The van der Waals surface area contributed by atoms with Crippen molar-refractivity contribution in [2.24, 2.45) is 0 Å². The summed E-state index contributed by atoms with van der Waals surface area (Å²) in [5, 5.41) is 4.71. The molecule has 0 aliphatic heterocycles. The molecule has 0 saturated carbocycles. The maximum absolute atomic E-state index is 12.7. The van der Waals surface area contributed by atoms with Crippen LogP contribution in [0.2, 0.25) is 20.1 Å². The Morgan fingerprint density at radius 2 is 1.14 bits per heavy atom. The zero-order chi connectivity index (χ0) is 32.2. The van der Waals surface area contributed by atoms with E-state index in [-0.39, 0.29) is 36.9 Å². The predicted octanol–water partition coefficient (Wildman–Crippen LogP) is 12.2. The Balaban J connectivity index is 0.000000254. The van der Waals surface area contributed by atoms with Gasteiger partial charge in [0.15, 0.2) is 11.4 Å². The first kappa shape index (κ1) is 37.4. The molecule has 0 saturated heterocycles. The fourth-order valence-corrected chi connectivity index (χ4v) is 4.63. The van der Waals surface area contributed by atoms with Crippen molar-refractivity contribution < 1.29 is 26.3 Å². The van der Waals surface area contributed by atoms with Gasteiger partial charge in [0.05, 0.1) is 31.5 Å². The molecule has 0 N–H and O–H groups in total. The molecule has 4 aromatic rings. The number of nitrogens with zero attached hydrogens (tertiary/aromatic N) is 4. The summed E-state index contributed by atoms with van der Waals surface area (Å²) in [6, 6.07) is 10.4. The number of benzene rings is 2. The molecule has 0 amide bonds. The van der Waals surface area contributed by atoms with Crippen LogP contribution in [0.4, 0.5) is 26.3 Å². The van der Waals surface area contributed by atoms with Crippen molar-refractivity contribution in [1.82, 2.24) is 19.3 Å². The molecular weight excluding hydrogens is 810 g/mol. The average Bonchev–Trinajstić information content (AvgIpc) is 3.42. The lowest BCUT2D eigenvalue weighted by atomic mass is 10.3. The number of rotatable bonds is 3. The van der Waals surface area contributed by atoms with Gasteiger partial charge in [0.25, 0.3) is 3.25 Å². The second kappa shape index (κ2) is 15.0. The van der Waals surface area contributed by atoms with Crippen molar-refractivity contribution in [3.05, 3.63) is 91.7 Å². The average molecular weight is 823 g/mol. The molecule has 42 heavy (non-hydrogen) atoms. The summed E-state index contributed by atoms with van der Waals surface area (Å²) in [6.07, 6.45) is -8.14. The number of hydrogen-bond donors (Lipinski definition) is 0. The molecule has 2 aromatic carbocycles. The van der Waals surface area contributed by atoms with Gasteiger partial charge in [-0.1, -0.05) is 121 Å². The summed E-state index contributed by atoms with van der Waals surface area (Å²) in [7, 11) is 0. The highest BCUT2D eigenvalue weighted by Crippen LogP contribution is 2.35. The van der Waals surface area contributed by atoms with Crippen molar-refractivity contribution in [3.8, 4) is 11.4 Å². The molecule has 0 spiro atoms. The van der Waals surface area contributed by atoms with E-state index in [1.54, 1.807) is 24.3 Å². The smallest absolute Gasteiger partial charge is 0.300 e. The van der Waals surface area contributed by atoms with Crippen LogP contribution >= 0.6 is 109 Å². The normalized spacial score (nSPS) is 11.9. The molecule has 0 fully saturated rings. The second-order valence-corrected chi connectivity index (χ2v) is 13.3. The summed E-state index contributed by atoms with van der Waals surface area (Å²) < 4.78 is 76.4. The van der Waals surface area contributed by atoms with Gasteiger partial charge in [-0.15, -0.1) is 0 Å². The fourth-order valence-electron chi connectivity index (χ4n) is 3.09. The minimum Gasteiger partial charge on any atom is -0.300 e. The van der Waals surface area contributed by atoms with Crippen LogP contribution < -0.4 is 0 Å². The van der Waals surface area contributed by atoms with Gasteiger partial charge < -0.3 is 4.57 Å². The van der Waals surface area contributed by atoms with Gasteiger partial charge in [0.2, 0.25) is 0 Å². The zero-order valence-electron chi connectivity index (χ0n) is 20.3. The summed E-state index contributed by atoms with van der Waals surface area (Å²) in [5.41, 5.74) is -1.13. The lowest BCUT2D eigenvalue weighted by molar-refractivity contribution is -0.142. The fraction of sp³-hybridized carbons (Fsp3) is 0.217. The molecule has 0 aliphatic carbocycles. The molecule has 0 unspecified atom stereocenters. The predicted molar refractivity (Wildman–Crippen MR) is 161 cm³/mol. The molecule has 0 atom stereocenters. The molecule has 0 aliphatic rings. The first-order valence-electron chi connectivity index (χ1n) is 10.6. The molecular formula is C23H13BrCl8F6N4. The van der Waals surface area contributed by atoms with Crippen molar-refractivity contribution >= 4 is 109 Å². The molecule has 0 bridgehead atoms. The maximum atomic E-state index is 12.7. The first-order chi connectivity index (χ1) is 19.1. The van der Waals surface area contributed by atoms with Gasteiger partial charge in [0.1, 0.15) is 11.5 Å². The van der Waals surface area contributed by atoms with Crippen molar-refractivity contribution in [3.63, 3.8) is 0 Å². The number of para-hydroxylation sites is 2. The van der Waals surface area contributed by atoms with Crippen LogP contribution in [0.3, 0.4) is 0 Å².